The van der Waals surface area contributed by atoms with Gasteiger partial charge in [0.05, 0.1) is 7.05 Å². The highest BCUT2D eigenvalue weighted by molar-refractivity contribution is 5.96. The number of amides is 3. The molecule has 1 unspecified atom stereocenters. The lowest BCUT2D eigenvalue weighted by Gasteiger charge is -2.24. The normalized spacial score (nSPS) is 13.0. The van der Waals surface area contributed by atoms with Gasteiger partial charge in [0.25, 0.3) is 5.91 Å². The third kappa shape index (κ3) is 4.66. The molecule has 2 aromatic rings. The molecule has 0 heterocycles. The van der Waals surface area contributed by atoms with E-state index in [0.29, 0.717) is 6.54 Å². The summed E-state index contributed by atoms with van der Waals surface area (Å²) in [5.41, 5.74) is 2.01. The fourth-order valence-electron chi connectivity index (χ4n) is 2.57. The average Bonchev–Trinajstić information content (AvgIpc) is 2.56. The van der Waals surface area contributed by atoms with E-state index in [1.165, 1.54) is 7.05 Å². The van der Waals surface area contributed by atoms with Crippen molar-refractivity contribution in [1.29, 1.82) is 0 Å². The molecule has 120 valence electrons. The zero-order chi connectivity index (χ0) is 16.7. The number of hydrogen-bond acceptors (Lipinski definition) is 2. The first-order chi connectivity index (χ1) is 11.1. The smallest absolute Gasteiger partial charge is 0.321 e. The van der Waals surface area contributed by atoms with Crippen LogP contribution in [-0.4, -0.2) is 26.0 Å². The average molecular weight is 312 g/mol. The van der Waals surface area contributed by atoms with Crippen LogP contribution in [0.5, 0.6) is 0 Å². The van der Waals surface area contributed by atoms with Crippen molar-refractivity contribution in [3.05, 3.63) is 71.8 Å². The number of carbonyl (C=O) groups excluding carboxylic acids is 2. The standard InChI is InChI=1S/C18H21N3O2/c1-19-18(23)20-17(22)16(15-11-7-4-8-12-15)21(2)13-14-9-5-3-6-10-14/h3-12,16H,13H2,1-2H3,(H2,19,20,22,23)/p+1/t16-/m1/s1. The maximum atomic E-state index is 12.6. The summed E-state index contributed by atoms with van der Waals surface area (Å²) in [7, 11) is 3.44. The monoisotopic (exact) mass is 312 g/mol. The molecule has 0 bridgehead atoms. The van der Waals surface area contributed by atoms with E-state index in [0.717, 1.165) is 16.0 Å². The third-order valence-corrected chi connectivity index (χ3v) is 3.68. The quantitative estimate of drug-likeness (QED) is 0.768. The van der Waals surface area contributed by atoms with Crippen LogP contribution in [0.2, 0.25) is 0 Å². The zero-order valence-electron chi connectivity index (χ0n) is 13.4. The van der Waals surface area contributed by atoms with Crippen LogP contribution in [0.4, 0.5) is 4.79 Å². The Labute approximate surface area is 136 Å². The van der Waals surface area contributed by atoms with Gasteiger partial charge in [-0.2, -0.15) is 0 Å². The highest BCUT2D eigenvalue weighted by atomic mass is 16.2. The van der Waals surface area contributed by atoms with Crippen LogP contribution in [0, 0.1) is 0 Å². The lowest BCUT2D eigenvalue weighted by molar-refractivity contribution is -0.916. The van der Waals surface area contributed by atoms with E-state index in [4.69, 9.17) is 0 Å². The SMILES string of the molecule is CNC(=O)NC(=O)[C@@H](c1ccccc1)[NH+](C)Cc1ccccc1. The number of quaternary nitrogens is 1. The summed E-state index contributed by atoms with van der Waals surface area (Å²) in [6.45, 7) is 0.682. The van der Waals surface area contributed by atoms with Crippen molar-refractivity contribution in [2.45, 2.75) is 12.6 Å². The summed E-state index contributed by atoms with van der Waals surface area (Å²) >= 11 is 0. The van der Waals surface area contributed by atoms with Gasteiger partial charge in [-0.1, -0.05) is 60.7 Å². The van der Waals surface area contributed by atoms with E-state index in [-0.39, 0.29) is 5.91 Å². The van der Waals surface area contributed by atoms with Gasteiger partial charge in [0.1, 0.15) is 6.54 Å². The number of imide groups is 1. The van der Waals surface area contributed by atoms with Crippen molar-refractivity contribution in [3.63, 3.8) is 0 Å². The van der Waals surface area contributed by atoms with E-state index in [1.54, 1.807) is 0 Å². The van der Waals surface area contributed by atoms with E-state index >= 15 is 0 Å². The third-order valence-electron chi connectivity index (χ3n) is 3.68. The van der Waals surface area contributed by atoms with Crippen molar-refractivity contribution in [1.82, 2.24) is 10.6 Å². The Morgan fingerprint density at radius 2 is 1.57 bits per heavy atom. The Bertz CT molecular complexity index is 644. The molecule has 5 nitrogen and oxygen atoms in total. The van der Waals surface area contributed by atoms with Gasteiger partial charge < -0.3 is 10.2 Å². The van der Waals surface area contributed by atoms with E-state index in [9.17, 15) is 9.59 Å². The Kier molecular flexibility index (Phi) is 5.88. The molecule has 2 rings (SSSR count). The molecular weight excluding hydrogens is 290 g/mol. The molecule has 3 amide bonds. The number of carbonyl (C=O) groups is 2. The molecule has 0 aromatic heterocycles. The second-order valence-corrected chi connectivity index (χ2v) is 5.42. The summed E-state index contributed by atoms with van der Waals surface area (Å²) in [6.07, 6.45) is 0. The summed E-state index contributed by atoms with van der Waals surface area (Å²) in [5.74, 6) is -0.316. The number of rotatable bonds is 5. The highest BCUT2D eigenvalue weighted by Gasteiger charge is 2.30. The molecule has 0 saturated heterocycles. The Hall–Kier alpha value is -2.66. The van der Waals surface area contributed by atoms with Crippen LogP contribution in [0.1, 0.15) is 17.2 Å². The summed E-state index contributed by atoms with van der Waals surface area (Å²) in [4.78, 5) is 25.0. The minimum absolute atomic E-state index is 0.316. The predicted octanol–water partition coefficient (Wildman–Crippen LogP) is 0.898. The van der Waals surface area contributed by atoms with E-state index in [1.807, 2.05) is 67.7 Å². The lowest BCUT2D eigenvalue weighted by Crippen LogP contribution is -3.09. The van der Waals surface area contributed by atoms with Crippen molar-refractivity contribution in [3.8, 4) is 0 Å². The topological polar surface area (TPSA) is 62.6 Å². The first-order valence-corrected chi connectivity index (χ1v) is 7.55. The maximum absolute atomic E-state index is 12.6. The molecule has 0 aliphatic carbocycles. The van der Waals surface area contributed by atoms with Gasteiger partial charge in [0.2, 0.25) is 0 Å². The van der Waals surface area contributed by atoms with E-state index < -0.39 is 12.1 Å². The van der Waals surface area contributed by atoms with Crippen molar-refractivity contribution < 1.29 is 14.5 Å². The van der Waals surface area contributed by atoms with Crippen molar-refractivity contribution in [2.24, 2.45) is 0 Å². The first-order valence-electron chi connectivity index (χ1n) is 7.55. The minimum atomic E-state index is -0.497. The summed E-state index contributed by atoms with van der Waals surface area (Å²) < 4.78 is 0. The molecule has 0 spiro atoms. The molecule has 3 N–H and O–H groups in total. The number of nitrogens with one attached hydrogen (secondary N) is 3. The molecule has 0 aliphatic heterocycles. The van der Waals surface area contributed by atoms with Gasteiger partial charge in [-0.05, 0) is 0 Å². The molecular formula is C18H22N3O2+. The molecule has 0 radical (unpaired) electrons. The van der Waals surface area contributed by atoms with Gasteiger partial charge >= 0.3 is 6.03 Å². The number of hydrogen-bond donors (Lipinski definition) is 3. The van der Waals surface area contributed by atoms with Gasteiger partial charge in [-0.15, -0.1) is 0 Å². The van der Waals surface area contributed by atoms with Crippen molar-refractivity contribution >= 4 is 11.9 Å². The van der Waals surface area contributed by atoms with Crippen LogP contribution in [-0.2, 0) is 11.3 Å². The summed E-state index contributed by atoms with van der Waals surface area (Å²) in [5, 5.41) is 4.80. The van der Waals surface area contributed by atoms with Crippen LogP contribution >= 0.6 is 0 Å². The minimum Gasteiger partial charge on any atom is -0.341 e. The molecule has 0 saturated carbocycles. The Morgan fingerprint density at radius 3 is 2.13 bits per heavy atom. The summed E-state index contributed by atoms with van der Waals surface area (Å²) in [6, 6.07) is 18.5. The predicted molar refractivity (Wildman–Crippen MR) is 88.8 cm³/mol. The van der Waals surface area contributed by atoms with Crippen LogP contribution in [0.15, 0.2) is 60.7 Å². The Balaban J connectivity index is 2.22. The molecule has 0 aliphatic rings. The molecule has 0 fully saturated rings. The van der Waals surface area contributed by atoms with Crippen LogP contribution in [0.3, 0.4) is 0 Å². The van der Waals surface area contributed by atoms with Crippen molar-refractivity contribution in [2.75, 3.05) is 14.1 Å². The van der Waals surface area contributed by atoms with Gasteiger partial charge in [0, 0.05) is 18.2 Å². The molecule has 23 heavy (non-hydrogen) atoms. The maximum Gasteiger partial charge on any atom is 0.321 e. The van der Waals surface area contributed by atoms with Gasteiger partial charge in [0.15, 0.2) is 6.04 Å². The fourth-order valence-corrected chi connectivity index (χ4v) is 2.57. The van der Waals surface area contributed by atoms with Crippen LogP contribution in [0.25, 0.3) is 0 Å². The fraction of sp³-hybridized carbons (Fsp3) is 0.222. The number of likely N-dealkylation sites (N-methyl/N-ethyl adjacent to an activating group) is 1. The highest BCUT2D eigenvalue weighted by Crippen LogP contribution is 2.10. The van der Waals surface area contributed by atoms with Crippen LogP contribution < -0.4 is 15.5 Å². The molecule has 2 atom stereocenters. The molecule has 2 aromatic carbocycles. The second-order valence-electron chi connectivity index (χ2n) is 5.42. The zero-order valence-corrected chi connectivity index (χ0v) is 13.4. The van der Waals surface area contributed by atoms with Gasteiger partial charge in [-0.25, -0.2) is 4.79 Å². The largest absolute Gasteiger partial charge is 0.341 e. The lowest BCUT2D eigenvalue weighted by atomic mass is 10.0. The first kappa shape index (κ1) is 16.7. The second kappa shape index (κ2) is 8.10. The number of urea groups is 1. The Morgan fingerprint density at radius 1 is 1.00 bits per heavy atom. The molecule has 5 heteroatoms. The van der Waals surface area contributed by atoms with Gasteiger partial charge in [-0.3, -0.25) is 10.1 Å². The number of benzene rings is 2. The van der Waals surface area contributed by atoms with E-state index in [2.05, 4.69) is 10.6 Å².